The van der Waals surface area contributed by atoms with Gasteiger partial charge in [0.2, 0.25) is 0 Å². The zero-order valence-corrected chi connectivity index (χ0v) is 30.3. The summed E-state index contributed by atoms with van der Waals surface area (Å²) >= 11 is 1.80. The quantitative estimate of drug-likeness (QED) is 0.159. The van der Waals surface area contributed by atoms with E-state index in [-0.39, 0.29) is 5.56 Å². The van der Waals surface area contributed by atoms with Gasteiger partial charge in [-0.3, -0.25) is 0 Å². The van der Waals surface area contributed by atoms with Crippen LogP contribution in [0, 0.1) is 11.6 Å². The molecule has 0 aliphatic rings. The largest absolute Gasteiger partial charge is 0.206 e. The average molecular weight is 725 g/mol. The van der Waals surface area contributed by atoms with E-state index in [9.17, 15) is 0 Å². The second-order valence-corrected chi connectivity index (χ2v) is 15.2. The van der Waals surface area contributed by atoms with Gasteiger partial charge in [0.1, 0.15) is 11.6 Å². The van der Waals surface area contributed by atoms with E-state index in [0.29, 0.717) is 5.56 Å². The molecule has 10 aromatic carbocycles. The molecule has 258 valence electrons. The van der Waals surface area contributed by atoms with Gasteiger partial charge in [0, 0.05) is 31.3 Å². The summed E-state index contributed by atoms with van der Waals surface area (Å²) in [5.41, 5.74) is 7.63. The van der Waals surface area contributed by atoms with Crippen molar-refractivity contribution in [2.75, 3.05) is 0 Å². The van der Waals surface area contributed by atoms with Gasteiger partial charge in [-0.15, -0.1) is 11.3 Å². The molecular formula is C52H30F2S. The van der Waals surface area contributed by atoms with Crippen LogP contribution < -0.4 is 0 Å². The highest BCUT2D eigenvalue weighted by Gasteiger charge is 2.23. The number of benzene rings is 10. The Bertz CT molecular complexity index is 3210. The van der Waals surface area contributed by atoms with Gasteiger partial charge in [-0.05, 0) is 95.2 Å². The van der Waals surface area contributed by atoms with Gasteiger partial charge in [0.15, 0.2) is 0 Å². The zero-order valence-electron chi connectivity index (χ0n) is 29.5. The molecule has 0 unspecified atom stereocenters. The van der Waals surface area contributed by atoms with E-state index in [1.54, 1.807) is 11.3 Å². The van der Waals surface area contributed by atoms with Gasteiger partial charge in [0.05, 0.1) is 5.56 Å². The van der Waals surface area contributed by atoms with Gasteiger partial charge in [-0.25, -0.2) is 8.78 Å². The first-order valence-corrected chi connectivity index (χ1v) is 19.3. The summed E-state index contributed by atoms with van der Waals surface area (Å²) < 4.78 is 33.4. The molecule has 0 spiro atoms. The van der Waals surface area contributed by atoms with Crippen LogP contribution in [0.2, 0.25) is 0 Å². The lowest BCUT2D eigenvalue weighted by Crippen LogP contribution is -1.95. The minimum Gasteiger partial charge on any atom is -0.206 e. The first-order chi connectivity index (χ1) is 27.2. The number of rotatable bonds is 4. The summed E-state index contributed by atoms with van der Waals surface area (Å²) in [7, 11) is 0. The van der Waals surface area contributed by atoms with Crippen molar-refractivity contribution >= 4 is 74.6 Å². The summed E-state index contributed by atoms with van der Waals surface area (Å²) in [5, 5.41) is 10.9. The first kappa shape index (κ1) is 31.8. The molecule has 0 radical (unpaired) electrons. The lowest BCUT2D eigenvalue weighted by atomic mass is 9.85. The first-order valence-electron chi connectivity index (χ1n) is 18.5. The molecule has 0 aliphatic carbocycles. The van der Waals surface area contributed by atoms with Crippen LogP contribution in [-0.2, 0) is 0 Å². The van der Waals surface area contributed by atoms with E-state index < -0.39 is 11.6 Å². The molecule has 1 heterocycles. The third-order valence-electron chi connectivity index (χ3n) is 11.2. The van der Waals surface area contributed by atoms with Crippen LogP contribution in [0.25, 0.3) is 108 Å². The summed E-state index contributed by atoms with van der Waals surface area (Å²) in [6.07, 6.45) is 0. The van der Waals surface area contributed by atoms with E-state index in [2.05, 4.69) is 127 Å². The molecule has 3 heteroatoms. The molecule has 0 N–H and O–H groups in total. The second-order valence-electron chi connectivity index (χ2n) is 14.1. The molecule has 0 saturated heterocycles. The zero-order chi connectivity index (χ0) is 36.6. The molecule has 0 amide bonds. The number of fused-ring (bicyclic) bond motifs is 7. The minimum atomic E-state index is -0.569. The molecule has 55 heavy (non-hydrogen) atoms. The van der Waals surface area contributed by atoms with Crippen molar-refractivity contribution in [3.8, 4) is 44.5 Å². The molecule has 11 aromatic rings. The SMILES string of the molecule is Fc1cccc(F)c1-c1c2ccccc2c(-c2cccc3c2sc2ccc(-c4c5ccccc5c(-c5ccccc5)c5ccccc45)cc23)c2ccccc12. The maximum Gasteiger partial charge on any atom is 0.134 e. The lowest BCUT2D eigenvalue weighted by molar-refractivity contribution is 0.590. The van der Waals surface area contributed by atoms with Crippen LogP contribution in [0.1, 0.15) is 0 Å². The van der Waals surface area contributed by atoms with E-state index >= 15 is 8.78 Å². The third kappa shape index (κ3) is 4.80. The highest BCUT2D eigenvalue weighted by molar-refractivity contribution is 7.26. The van der Waals surface area contributed by atoms with Crippen molar-refractivity contribution in [1.29, 1.82) is 0 Å². The standard InChI is InChI=1S/C52H30F2S/c53-44-26-13-27-45(54)51(44)50-39-22-10-8-20-37(39)49(38-21-9-11-23-40(38)50)42-25-12-24-41-43-30-32(28-29-46(43)55-52(41)42)48-35-18-6-4-16-33(35)47(31-14-2-1-3-15-31)34-17-5-7-19-36(34)48/h1-30H. The molecule has 0 bridgehead atoms. The highest BCUT2D eigenvalue weighted by Crippen LogP contribution is 2.50. The Labute approximate surface area is 320 Å². The maximum atomic E-state index is 15.5. The van der Waals surface area contributed by atoms with E-state index in [0.717, 1.165) is 32.7 Å². The van der Waals surface area contributed by atoms with Crippen LogP contribution in [0.5, 0.6) is 0 Å². The van der Waals surface area contributed by atoms with Crippen molar-refractivity contribution in [3.63, 3.8) is 0 Å². The van der Waals surface area contributed by atoms with Gasteiger partial charge in [-0.1, -0.05) is 158 Å². The molecule has 0 atom stereocenters. The Hall–Kier alpha value is -6.68. The summed E-state index contributed by atoms with van der Waals surface area (Å²) in [4.78, 5) is 0. The van der Waals surface area contributed by atoms with Gasteiger partial charge >= 0.3 is 0 Å². The molecule has 0 fully saturated rings. The van der Waals surface area contributed by atoms with Crippen molar-refractivity contribution in [1.82, 2.24) is 0 Å². The van der Waals surface area contributed by atoms with Crippen molar-refractivity contribution in [3.05, 3.63) is 194 Å². The minimum absolute atomic E-state index is 0.00546. The van der Waals surface area contributed by atoms with E-state index in [1.807, 2.05) is 36.4 Å². The van der Waals surface area contributed by atoms with Crippen LogP contribution in [0.4, 0.5) is 8.78 Å². The number of halogens is 2. The van der Waals surface area contributed by atoms with Crippen LogP contribution in [0.3, 0.4) is 0 Å². The van der Waals surface area contributed by atoms with E-state index in [4.69, 9.17) is 0 Å². The predicted octanol–water partition coefficient (Wildman–Crippen LogP) is 15.6. The van der Waals surface area contributed by atoms with Crippen molar-refractivity contribution < 1.29 is 8.78 Å². The number of thiophene rings is 1. The van der Waals surface area contributed by atoms with Crippen LogP contribution in [-0.4, -0.2) is 0 Å². The molecule has 0 nitrogen and oxygen atoms in total. The monoisotopic (exact) mass is 724 g/mol. The smallest absolute Gasteiger partial charge is 0.134 e. The van der Waals surface area contributed by atoms with Gasteiger partial charge in [-0.2, -0.15) is 0 Å². The fourth-order valence-corrected chi connectivity index (χ4v) is 10.1. The summed E-state index contributed by atoms with van der Waals surface area (Å²) in [6.45, 7) is 0. The second kappa shape index (κ2) is 12.4. The number of hydrogen-bond donors (Lipinski definition) is 0. The molecule has 0 saturated carbocycles. The molecule has 0 aliphatic heterocycles. The Morgan fingerprint density at radius 2 is 0.727 bits per heavy atom. The van der Waals surface area contributed by atoms with Gasteiger partial charge < -0.3 is 0 Å². The Morgan fingerprint density at radius 3 is 1.27 bits per heavy atom. The van der Waals surface area contributed by atoms with Crippen molar-refractivity contribution in [2.45, 2.75) is 0 Å². The summed E-state index contributed by atoms with van der Waals surface area (Å²) in [6, 6.07) is 61.9. The lowest BCUT2D eigenvalue weighted by Gasteiger charge is -2.18. The van der Waals surface area contributed by atoms with Crippen LogP contribution >= 0.6 is 11.3 Å². The fraction of sp³-hybridized carbons (Fsp3) is 0. The molecular weight excluding hydrogens is 695 g/mol. The maximum absolute atomic E-state index is 15.5. The highest BCUT2D eigenvalue weighted by atomic mass is 32.1. The van der Waals surface area contributed by atoms with Crippen LogP contribution in [0.15, 0.2) is 182 Å². The number of hydrogen-bond acceptors (Lipinski definition) is 1. The van der Waals surface area contributed by atoms with Crippen molar-refractivity contribution in [2.24, 2.45) is 0 Å². The summed E-state index contributed by atoms with van der Waals surface area (Å²) in [5.74, 6) is -1.14. The Kier molecular flexibility index (Phi) is 7.20. The molecule has 11 rings (SSSR count). The van der Waals surface area contributed by atoms with Gasteiger partial charge in [0.25, 0.3) is 0 Å². The topological polar surface area (TPSA) is 0 Å². The average Bonchev–Trinajstić information content (AvgIpc) is 3.61. The predicted molar refractivity (Wildman–Crippen MR) is 231 cm³/mol. The third-order valence-corrected chi connectivity index (χ3v) is 12.4. The fourth-order valence-electron chi connectivity index (χ4n) is 8.93. The van der Waals surface area contributed by atoms with E-state index in [1.165, 1.54) is 82.2 Å². The normalized spacial score (nSPS) is 11.8. The Balaban J connectivity index is 1.18. The molecule has 1 aromatic heterocycles. The Morgan fingerprint density at radius 1 is 0.291 bits per heavy atom.